The summed E-state index contributed by atoms with van der Waals surface area (Å²) < 4.78 is 0. The Hall–Kier alpha value is -0.730. The summed E-state index contributed by atoms with van der Waals surface area (Å²) in [6.07, 6.45) is 5.92. The molecule has 0 unspecified atom stereocenters. The van der Waals surface area contributed by atoms with Crippen molar-refractivity contribution in [1.82, 2.24) is 10.6 Å². The summed E-state index contributed by atoms with van der Waals surface area (Å²) in [6.45, 7) is 6.34. The second-order valence-electron chi connectivity index (χ2n) is 4.80. The Morgan fingerprint density at radius 2 is 2.07 bits per heavy atom. The highest BCUT2D eigenvalue weighted by Gasteiger charge is 2.22. The third-order valence-corrected chi connectivity index (χ3v) is 3.42. The second kappa shape index (κ2) is 5.99. The lowest BCUT2D eigenvalue weighted by Crippen LogP contribution is -2.48. The third-order valence-electron chi connectivity index (χ3n) is 3.42. The molecule has 3 heteroatoms. The Balaban J connectivity index is 2.29. The van der Waals surface area contributed by atoms with E-state index in [1.165, 1.54) is 19.3 Å². The predicted octanol–water partition coefficient (Wildman–Crippen LogP) is 2.66. The molecule has 1 saturated carbocycles. The molecule has 0 aromatic heterocycles. The van der Waals surface area contributed by atoms with Crippen molar-refractivity contribution in [3.63, 3.8) is 0 Å². The first-order chi connectivity index (χ1) is 7.13. The Morgan fingerprint density at radius 3 is 2.67 bits per heavy atom. The number of carbonyl (C=O) groups excluding carboxylic acids is 1. The average molecular weight is 212 g/mol. The van der Waals surface area contributed by atoms with Crippen LogP contribution in [0.1, 0.15) is 52.9 Å². The fourth-order valence-electron chi connectivity index (χ4n) is 2.07. The minimum absolute atomic E-state index is 0.00287. The van der Waals surface area contributed by atoms with Crippen LogP contribution in [0.4, 0.5) is 4.79 Å². The highest BCUT2D eigenvalue weighted by molar-refractivity contribution is 5.74. The van der Waals surface area contributed by atoms with E-state index in [1.807, 2.05) is 6.92 Å². The van der Waals surface area contributed by atoms with Crippen LogP contribution < -0.4 is 10.6 Å². The zero-order valence-electron chi connectivity index (χ0n) is 10.2. The second-order valence-corrected chi connectivity index (χ2v) is 4.80. The molecule has 1 rings (SSSR count). The van der Waals surface area contributed by atoms with Gasteiger partial charge in [0.05, 0.1) is 0 Å². The van der Waals surface area contributed by atoms with E-state index in [0.29, 0.717) is 12.0 Å². The van der Waals surface area contributed by atoms with Gasteiger partial charge in [0.2, 0.25) is 0 Å². The monoisotopic (exact) mass is 212 g/mol. The largest absolute Gasteiger partial charge is 0.336 e. The first kappa shape index (κ1) is 12.3. The Bertz CT molecular complexity index is 206. The molecule has 3 nitrogen and oxygen atoms in total. The summed E-state index contributed by atoms with van der Waals surface area (Å²) in [5.41, 5.74) is 0. The van der Waals surface area contributed by atoms with Crippen LogP contribution in [0.3, 0.4) is 0 Å². The smallest absolute Gasteiger partial charge is 0.315 e. The Labute approximate surface area is 93.0 Å². The normalized spacial score (nSPS) is 28.2. The molecule has 0 aliphatic heterocycles. The van der Waals surface area contributed by atoms with Gasteiger partial charge in [0.25, 0.3) is 0 Å². The van der Waals surface area contributed by atoms with E-state index in [4.69, 9.17) is 0 Å². The van der Waals surface area contributed by atoms with E-state index in [9.17, 15) is 4.79 Å². The van der Waals surface area contributed by atoms with E-state index in [1.54, 1.807) is 0 Å². The van der Waals surface area contributed by atoms with Crippen LogP contribution in [0, 0.1) is 5.92 Å². The lowest BCUT2D eigenvalue weighted by molar-refractivity contribution is 0.218. The van der Waals surface area contributed by atoms with Crippen molar-refractivity contribution >= 4 is 6.03 Å². The fourth-order valence-corrected chi connectivity index (χ4v) is 2.07. The molecule has 0 aromatic carbocycles. The quantitative estimate of drug-likeness (QED) is 0.742. The van der Waals surface area contributed by atoms with E-state index in [0.717, 1.165) is 12.8 Å². The maximum absolute atomic E-state index is 11.6. The van der Waals surface area contributed by atoms with E-state index in [2.05, 4.69) is 24.5 Å². The zero-order chi connectivity index (χ0) is 11.3. The molecule has 0 saturated heterocycles. The van der Waals surface area contributed by atoms with Crippen molar-refractivity contribution in [3.8, 4) is 0 Å². The van der Waals surface area contributed by atoms with Gasteiger partial charge in [0, 0.05) is 12.1 Å². The maximum atomic E-state index is 11.6. The number of hydrogen-bond donors (Lipinski definition) is 2. The molecule has 0 bridgehead atoms. The van der Waals surface area contributed by atoms with Gasteiger partial charge >= 0.3 is 6.03 Å². The first-order valence-corrected chi connectivity index (χ1v) is 6.20. The molecule has 2 amide bonds. The molecule has 88 valence electrons. The summed E-state index contributed by atoms with van der Waals surface area (Å²) in [4.78, 5) is 11.6. The molecule has 15 heavy (non-hydrogen) atoms. The molecule has 0 radical (unpaired) electrons. The highest BCUT2D eigenvalue weighted by atomic mass is 16.2. The summed E-state index contributed by atoms with van der Waals surface area (Å²) in [7, 11) is 0. The average Bonchev–Trinajstić information content (AvgIpc) is 2.21. The van der Waals surface area contributed by atoms with E-state index in [-0.39, 0.29) is 12.1 Å². The Morgan fingerprint density at radius 1 is 1.40 bits per heavy atom. The molecule has 3 atom stereocenters. The molecule has 0 aromatic rings. The number of carbonyl (C=O) groups is 1. The summed E-state index contributed by atoms with van der Waals surface area (Å²) in [5, 5.41) is 6.03. The van der Waals surface area contributed by atoms with Crippen molar-refractivity contribution in [2.75, 3.05) is 0 Å². The van der Waals surface area contributed by atoms with Crippen LogP contribution in [0.25, 0.3) is 0 Å². The molecule has 2 N–H and O–H groups in total. The number of rotatable bonds is 3. The summed E-state index contributed by atoms with van der Waals surface area (Å²) >= 11 is 0. The summed E-state index contributed by atoms with van der Waals surface area (Å²) in [5.74, 6) is 0.626. The molecule has 1 fully saturated rings. The zero-order valence-corrected chi connectivity index (χ0v) is 10.2. The van der Waals surface area contributed by atoms with Gasteiger partial charge in [-0.05, 0) is 32.1 Å². The number of nitrogens with one attached hydrogen (secondary N) is 2. The van der Waals surface area contributed by atoms with Gasteiger partial charge in [0.15, 0.2) is 0 Å². The molecular weight excluding hydrogens is 188 g/mol. The fraction of sp³-hybridized carbons (Fsp3) is 0.917. The van der Waals surface area contributed by atoms with Crippen LogP contribution in [0.15, 0.2) is 0 Å². The highest BCUT2D eigenvalue weighted by Crippen LogP contribution is 2.23. The maximum Gasteiger partial charge on any atom is 0.315 e. The van der Waals surface area contributed by atoms with Crippen LogP contribution in [-0.4, -0.2) is 18.1 Å². The Kier molecular flexibility index (Phi) is 4.92. The van der Waals surface area contributed by atoms with Gasteiger partial charge in [-0.15, -0.1) is 0 Å². The van der Waals surface area contributed by atoms with E-state index < -0.39 is 0 Å². The molecule has 1 aliphatic carbocycles. The molecule has 0 spiro atoms. The first-order valence-electron chi connectivity index (χ1n) is 6.20. The van der Waals surface area contributed by atoms with Gasteiger partial charge in [-0.25, -0.2) is 4.79 Å². The number of amides is 2. The minimum Gasteiger partial charge on any atom is -0.336 e. The summed E-state index contributed by atoms with van der Waals surface area (Å²) in [6, 6.07) is 0.648. The SMILES string of the molecule is CC[C@H](C)NC(=O)N[C@@H]1CCCC[C@@H]1C. The third kappa shape index (κ3) is 4.10. The van der Waals surface area contributed by atoms with Crippen LogP contribution in [0.2, 0.25) is 0 Å². The van der Waals surface area contributed by atoms with Crippen molar-refractivity contribution in [2.24, 2.45) is 5.92 Å². The lowest BCUT2D eigenvalue weighted by Gasteiger charge is -2.30. The minimum atomic E-state index is 0.00287. The standard InChI is InChI=1S/C12H24N2O/c1-4-10(3)13-12(15)14-11-8-6-5-7-9(11)2/h9-11H,4-8H2,1-3H3,(H2,13,14,15)/t9-,10-,11+/m0/s1. The van der Waals surface area contributed by atoms with Crippen LogP contribution >= 0.6 is 0 Å². The predicted molar refractivity (Wildman–Crippen MR) is 62.8 cm³/mol. The van der Waals surface area contributed by atoms with Crippen molar-refractivity contribution in [3.05, 3.63) is 0 Å². The van der Waals surface area contributed by atoms with Gasteiger partial charge in [-0.3, -0.25) is 0 Å². The van der Waals surface area contributed by atoms with Crippen LogP contribution in [0.5, 0.6) is 0 Å². The molecule has 0 heterocycles. The number of hydrogen-bond acceptors (Lipinski definition) is 1. The van der Waals surface area contributed by atoms with Gasteiger partial charge in [0.1, 0.15) is 0 Å². The van der Waals surface area contributed by atoms with Gasteiger partial charge in [-0.1, -0.05) is 26.7 Å². The molecule has 1 aliphatic rings. The topological polar surface area (TPSA) is 41.1 Å². The van der Waals surface area contributed by atoms with Crippen LogP contribution in [-0.2, 0) is 0 Å². The van der Waals surface area contributed by atoms with Gasteiger partial charge in [-0.2, -0.15) is 0 Å². The van der Waals surface area contributed by atoms with E-state index >= 15 is 0 Å². The van der Waals surface area contributed by atoms with Crippen molar-refractivity contribution in [2.45, 2.75) is 65.0 Å². The van der Waals surface area contributed by atoms with Crippen molar-refractivity contribution < 1.29 is 4.79 Å². The van der Waals surface area contributed by atoms with Gasteiger partial charge < -0.3 is 10.6 Å². The lowest BCUT2D eigenvalue weighted by atomic mass is 9.86. The van der Waals surface area contributed by atoms with Crippen molar-refractivity contribution in [1.29, 1.82) is 0 Å². The molecular formula is C12H24N2O. The number of urea groups is 1.